The van der Waals surface area contributed by atoms with Gasteiger partial charge in [-0.1, -0.05) is 0 Å². The molecule has 1 aliphatic rings. The largest absolute Gasteiger partial charge is 0.382 e. The van der Waals surface area contributed by atoms with Gasteiger partial charge >= 0.3 is 0 Å². The van der Waals surface area contributed by atoms with Crippen LogP contribution in [0.4, 0.5) is 0 Å². The molecule has 0 aromatic carbocycles. The van der Waals surface area contributed by atoms with E-state index in [1.165, 1.54) is 0 Å². The molecule has 3 atom stereocenters. The molecular formula is C8H17NO3. The van der Waals surface area contributed by atoms with Crippen LogP contribution >= 0.6 is 0 Å². The van der Waals surface area contributed by atoms with Gasteiger partial charge in [0.1, 0.15) is 0 Å². The summed E-state index contributed by atoms with van der Waals surface area (Å²) in [4.78, 5) is 0. The third-order valence-electron chi connectivity index (χ3n) is 2.19. The number of rotatable bonds is 5. The standard InChI is InChI=1S/C8H17NO3/c1-10-3-4-12-8-6(9)5-7(8)11-2/h6-8H,3-5,9H2,1-2H3. The van der Waals surface area contributed by atoms with E-state index in [0.29, 0.717) is 13.2 Å². The zero-order valence-electron chi connectivity index (χ0n) is 7.66. The summed E-state index contributed by atoms with van der Waals surface area (Å²) < 4.78 is 15.5. The molecule has 0 saturated heterocycles. The van der Waals surface area contributed by atoms with E-state index < -0.39 is 0 Å². The molecule has 1 aliphatic carbocycles. The fraction of sp³-hybridized carbons (Fsp3) is 1.00. The van der Waals surface area contributed by atoms with E-state index in [2.05, 4.69) is 0 Å². The molecule has 3 unspecified atom stereocenters. The Morgan fingerprint density at radius 3 is 2.58 bits per heavy atom. The topological polar surface area (TPSA) is 53.7 Å². The minimum atomic E-state index is 0.0603. The lowest BCUT2D eigenvalue weighted by Gasteiger charge is -2.40. The third-order valence-corrected chi connectivity index (χ3v) is 2.19. The molecule has 2 N–H and O–H groups in total. The summed E-state index contributed by atoms with van der Waals surface area (Å²) in [6, 6.07) is 0.131. The molecule has 0 aromatic heterocycles. The lowest BCUT2D eigenvalue weighted by Crippen LogP contribution is -2.58. The van der Waals surface area contributed by atoms with Gasteiger partial charge < -0.3 is 19.9 Å². The molecule has 0 amide bonds. The van der Waals surface area contributed by atoms with E-state index in [4.69, 9.17) is 19.9 Å². The second-order valence-corrected chi connectivity index (χ2v) is 3.00. The van der Waals surface area contributed by atoms with Crippen molar-refractivity contribution in [1.82, 2.24) is 0 Å². The Balaban J connectivity index is 2.12. The smallest absolute Gasteiger partial charge is 0.0989 e. The highest BCUT2D eigenvalue weighted by atomic mass is 16.6. The summed E-state index contributed by atoms with van der Waals surface area (Å²) in [5.74, 6) is 0. The van der Waals surface area contributed by atoms with Crippen LogP contribution in [0.2, 0.25) is 0 Å². The van der Waals surface area contributed by atoms with Crippen molar-refractivity contribution in [1.29, 1.82) is 0 Å². The van der Waals surface area contributed by atoms with Gasteiger partial charge in [-0.05, 0) is 6.42 Å². The third kappa shape index (κ3) is 2.17. The molecule has 0 radical (unpaired) electrons. The first-order valence-corrected chi connectivity index (χ1v) is 4.18. The van der Waals surface area contributed by atoms with E-state index in [1.54, 1.807) is 14.2 Å². The predicted octanol–water partition coefficient (Wildman–Crippen LogP) is -0.236. The number of nitrogens with two attached hydrogens (primary N) is 1. The average molecular weight is 175 g/mol. The van der Waals surface area contributed by atoms with Gasteiger partial charge in [0.15, 0.2) is 0 Å². The fourth-order valence-electron chi connectivity index (χ4n) is 1.35. The summed E-state index contributed by atoms with van der Waals surface area (Å²) in [7, 11) is 3.33. The van der Waals surface area contributed by atoms with Crippen LogP contribution in [0, 0.1) is 0 Å². The van der Waals surface area contributed by atoms with Crippen LogP contribution < -0.4 is 5.73 Å². The number of methoxy groups -OCH3 is 2. The summed E-state index contributed by atoms with van der Waals surface area (Å²) in [5.41, 5.74) is 5.73. The summed E-state index contributed by atoms with van der Waals surface area (Å²) in [6.07, 6.45) is 1.13. The van der Waals surface area contributed by atoms with Crippen molar-refractivity contribution in [3.8, 4) is 0 Å². The lowest BCUT2D eigenvalue weighted by atomic mass is 9.86. The highest BCUT2D eigenvalue weighted by molar-refractivity contribution is 4.94. The molecule has 0 bridgehead atoms. The van der Waals surface area contributed by atoms with Gasteiger partial charge in [0, 0.05) is 20.3 Å². The Labute approximate surface area is 73.0 Å². The van der Waals surface area contributed by atoms with Crippen molar-refractivity contribution in [3.63, 3.8) is 0 Å². The van der Waals surface area contributed by atoms with Crippen LogP contribution in [-0.2, 0) is 14.2 Å². The van der Waals surface area contributed by atoms with Crippen LogP contribution in [0.15, 0.2) is 0 Å². The molecule has 12 heavy (non-hydrogen) atoms. The van der Waals surface area contributed by atoms with Gasteiger partial charge in [0.25, 0.3) is 0 Å². The van der Waals surface area contributed by atoms with Crippen molar-refractivity contribution < 1.29 is 14.2 Å². The van der Waals surface area contributed by atoms with Crippen LogP contribution in [-0.4, -0.2) is 45.7 Å². The maximum absolute atomic E-state index is 5.73. The maximum Gasteiger partial charge on any atom is 0.0989 e. The first-order chi connectivity index (χ1) is 5.79. The molecule has 0 heterocycles. The number of ether oxygens (including phenoxy) is 3. The Morgan fingerprint density at radius 2 is 2.08 bits per heavy atom. The van der Waals surface area contributed by atoms with Crippen molar-refractivity contribution >= 4 is 0 Å². The predicted molar refractivity (Wildman–Crippen MR) is 45.0 cm³/mol. The summed E-state index contributed by atoms with van der Waals surface area (Å²) in [6.45, 7) is 1.20. The molecule has 4 nitrogen and oxygen atoms in total. The maximum atomic E-state index is 5.73. The molecule has 4 heteroatoms. The molecule has 1 saturated carbocycles. The van der Waals surface area contributed by atoms with Gasteiger partial charge in [-0.2, -0.15) is 0 Å². The zero-order valence-corrected chi connectivity index (χ0v) is 7.66. The quantitative estimate of drug-likeness (QED) is 0.586. The van der Waals surface area contributed by atoms with Crippen LogP contribution in [0.25, 0.3) is 0 Å². The van der Waals surface area contributed by atoms with Crippen molar-refractivity contribution in [2.24, 2.45) is 5.73 Å². The molecule has 0 spiro atoms. The Bertz CT molecular complexity index is 131. The first-order valence-electron chi connectivity index (χ1n) is 4.18. The normalized spacial score (nSPS) is 34.8. The first kappa shape index (κ1) is 9.92. The van der Waals surface area contributed by atoms with Gasteiger partial charge in [0.05, 0.1) is 25.4 Å². The van der Waals surface area contributed by atoms with E-state index >= 15 is 0 Å². The lowest BCUT2D eigenvalue weighted by molar-refractivity contribution is -0.132. The SMILES string of the molecule is COCCOC1C(N)CC1OC. The Kier molecular flexibility index (Phi) is 3.94. The van der Waals surface area contributed by atoms with Crippen molar-refractivity contribution in [3.05, 3.63) is 0 Å². The van der Waals surface area contributed by atoms with Gasteiger partial charge in [-0.3, -0.25) is 0 Å². The van der Waals surface area contributed by atoms with Crippen LogP contribution in [0.3, 0.4) is 0 Å². The van der Waals surface area contributed by atoms with Gasteiger partial charge in [-0.25, -0.2) is 0 Å². The monoisotopic (exact) mass is 175 g/mol. The molecule has 72 valence electrons. The second-order valence-electron chi connectivity index (χ2n) is 3.00. The van der Waals surface area contributed by atoms with Crippen LogP contribution in [0.1, 0.15) is 6.42 Å². The van der Waals surface area contributed by atoms with Crippen molar-refractivity contribution in [2.75, 3.05) is 27.4 Å². The average Bonchev–Trinajstić information content (AvgIpc) is 2.08. The highest BCUT2D eigenvalue weighted by Gasteiger charge is 2.39. The number of hydrogen-bond acceptors (Lipinski definition) is 4. The molecule has 0 aliphatic heterocycles. The summed E-state index contributed by atoms with van der Waals surface area (Å²) in [5, 5.41) is 0. The minimum absolute atomic E-state index is 0.0603. The van der Waals surface area contributed by atoms with Gasteiger partial charge in [0.2, 0.25) is 0 Å². The van der Waals surface area contributed by atoms with Crippen LogP contribution in [0.5, 0.6) is 0 Å². The molecular weight excluding hydrogens is 158 g/mol. The molecule has 1 rings (SSSR count). The van der Waals surface area contributed by atoms with E-state index in [-0.39, 0.29) is 18.2 Å². The second kappa shape index (κ2) is 4.77. The Morgan fingerprint density at radius 1 is 1.33 bits per heavy atom. The number of hydrogen-bond donors (Lipinski definition) is 1. The Hall–Kier alpha value is -0.160. The fourth-order valence-corrected chi connectivity index (χ4v) is 1.35. The minimum Gasteiger partial charge on any atom is -0.382 e. The van der Waals surface area contributed by atoms with E-state index in [9.17, 15) is 0 Å². The summed E-state index contributed by atoms with van der Waals surface area (Å²) >= 11 is 0. The zero-order chi connectivity index (χ0) is 8.97. The molecule has 1 fully saturated rings. The van der Waals surface area contributed by atoms with Crippen molar-refractivity contribution in [2.45, 2.75) is 24.7 Å². The molecule has 0 aromatic rings. The van der Waals surface area contributed by atoms with E-state index in [0.717, 1.165) is 6.42 Å². The van der Waals surface area contributed by atoms with E-state index in [1.807, 2.05) is 0 Å². The van der Waals surface area contributed by atoms with Gasteiger partial charge in [-0.15, -0.1) is 0 Å². The highest BCUT2D eigenvalue weighted by Crippen LogP contribution is 2.24.